The Labute approximate surface area is 96.4 Å². The van der Waals surface area contributed by atoms with Crippen LogP contribution in [-0.4, -0.2) is 29.7 Å². The lowest BCUT2D eigenvalue weighted by molar-refractivity contribution is -0.182. The van der Waals surface area contributed by atoms with Crippen LogP contribution >= 0.6 is 0 Å². The lowest BCUT2D eigenvalue weighted by atomic mass is 9.99. The summed E-state index contributed by atoms with van der Waals surface area (Å²) in [5, 5.41) is 10.0. The van der Waals surface area contributed by atoms with Crippen LogP contribution in [0.5, 0.6) is 0 Å². The fourth-order valence-electron chi connectivity index (χ4n) is 2.19. The first-order chi connectivity index (χ1) is 7.72. The molecule has 2 rings (SSSR count). The van der Waals surface area contributed by atoms with E-state index in [-0.39, 0.29) is 12.4 Å². The van der Waals surface area contributed by atoms with Gasteiger partial charge < -0.3 is 14.6 Å². The summed E-state index contributed by atoms with van der Waals surface area (Å²) in [5.41, 5.74) is -0.881. The van der Waals surface area contributed by atoms with Crippen LogP contribution < -0.4 is 0 Å². The van der Waals surface area contributed by atoms with Crippen molar-refractivity contribution in [3.05, 3.63) is 12.2 Å². The third kappa shape index (κ3) is 2.85. The summed E-state index contributed by atoms with van der Waals surface area (Å²) >= 11 is 0. The van der Waals surface area contributed by atoms with E-state index in [4.69, 9.17) is 15.9 Å². The molecular formula is C13H18O3. The summed E-state index contributed by atoms with van der Waals surface area (Å²) in [6.45, 7) is 0.774. The fourth-order valence-corrected chi connectivity index (χ4v) is 2.19. The van der Waals surface area contributed by atoms with Gasteiger partial charge >= 0.3 is 0 Å². The van der Waals surface area contributed by atoms with Gasteiger partial charge in [-0.25, -0.2) is 0 Å². The molecule has 1 aliphatic heterocycles. The highest BCUT2D eigenvalue weighted by molar-refractivity contribution is 5.17. The van der Waals surface area contributed by atoms with Crippen LogP contribution in [-0.2, 0) is 9.47 Å². The number of aliphatic hydroxyl groups is 1. The summed E-state index contributed by atoms with van der Waals surface area (Å²) in [7, 11) is 0. The van der Waals surface area contributed by atoms with Crippen molar-refractivity contribution < 1.29 is 14.6 Å². The molecule has 16 heavy (non-hydrogen) atoms. The zero-order valence-electron chi connectivity index (χ0n) is 9.39. The number of rotatable bonds is 3. The first kappa shape index (κ1) is 11.7. The number of hydrogen-bond donors (Lipinski definition) is 1. The van der Waals surface area contributed by atoms with E-state index in [1.165, 1.54) is 0 Å². The predicted molar refractivity (Wildman–Crippen MR) is 60.6 cm³/mol. The third-order valence-electron chi connectivity index (χ3n) is 3.05. The Morgan fingerprint density at radius 1 is 1.56 bits per heavy atom. The molecule has 1 N–H and O–H groups in total. The topological polar surface area (TPSA) is 38.7 Å². The number of terminal acetylenes is 1. The summed E-state index contributed by atoms with van der Waals surface area (Å²) in [6, 6.07) is 0. The molecule has 0 aromatic rings. The average Bonchev–Trinajstić information content (AvgIpc) is 2.62. The molecule has 0 spiro atoms. The van der Waals surface area contributed by atoms with Gasteiger partial charge in [-0.05, 0) is 19.3 Å². The van der Waals surface area contributed by atoms with Gasteiger partial charge in [0.2, 0.25) is 0 Å². The van der Waals surface area contributed by atoms with Gasteiger partial charge in [0.05, 0.1) is 11.7 Å². The Morgan fingerprint density at radius 3 is 3.12 bits per heavy atom. The van der Waals surface area contributed by atoms with Gasteiger partial charge in [-0.1, -0.05) is 12.2 Å². The van der Waals surface area contributed by atoms with E-state index < -0.39 is 5.60 Å². The Hall–Kier alpha value is -0.820. The van der Waals surface area contributed by atoms with Gasteiger partial charge in [-0.3, -0.25) is 0 Å². The zero-order chi connectivity index (χ0) is 11.4. The van der Waals surface area contributed by atoms with E-state index in [0.29, 0.717) is 12.8 Å². The summed E-state index contributed by atoms with van der Waals surface area (Å²) in [4.78, 5) is 0. The first-order valence-corrected chi connectivity index (χ1v) is 5.84. The molecule has 0 saturated carbocycles. The van der Waals surface area contributed by atoms with Crippen molar-refractivity contribution in [1.29, 1.82) is 0 Å². The predicted octanol–water partition coefficient (Wildman–Crippen LogP) is 1.61. The molecule has 0 aromatic heterocycles. The Morgan fingerprint density at radius 2 is 2.44 bits per heavy atom. The van der Waals surface area contributed by atoms with Gasteiger partial charge in [0.15, 0.2) is 6.29 Å². The summed E-state index contributed by atoms with van der Waals surface area (Å²) < 4.78 is 11.2. The molecule has 1 saturated heterocycles. The molecule has 1 fully saturated rings. The maximum Gasteiger partial charge on any atom is 0.158 e. The molecule has 3 nitrogen and oxygen atoms in total. The highest BCUT2D eigenvalue weighted by Crippen LogP contribution is 2.29. The lowest BCUT2D eigenvalue weighted by Crippen LogP contribution is -2.30. The van der Waals surface area contributed by atoms with Crippen molar-refractivity contribution >= 4 is 0 Å². The van der Waals surface area contributed by atoms with Gasteiger partial charge in [-0.15, -0.1) is 12.3 Å². The average molecular weight is 222 g/mol. The molecular weight excluding hydrogens is 204 g/mol. The first-order valence-electron chi connectivity index (χ1n) is 5.84. The summed E-state index contributed by atoms with van der Waals surface area (Å²) in [5.74, 6) is 2.49. The van der Waals surface area contributed by atoms with Crippen LogP contribution in [0.25, 0.3) is 0 Å². The lowest BCUT2D eigenvalue weighted by Gasteiger charge is -2.26. The normalized spacial score (nSPS) is 38.5. The standard InChI is InChI=1S/C13H18O3/c1-2-7-13(14)8-6-11(10-13)16-12-5-3-4-9-15-12/h1,6,8,11-12,14H,3-5,7,9-10H2/t11-,12?,13+/m1/s1. The summed E-state index contributed by atoms with van der Waals surface area (Å²) in [6.07, 6.45) is 12.8. The van der Waals surface area contributed by atoms with Crippen molar-refractivity contribution in [3.63, 3.8) is 0 Å². The minimum atomic E-state index is -0.881. The quantitative estimate of drug-likeness (QED) is 0.582. The van der Waals surface area contributed by atoms with Crippen molar-refractivity contribution in [3.8, 4) is 12.3 Å². The highest BCUT2D eigenvalue weighted by Gasteiger charge is 2.33. The second-order valence-corrected chi connectivity index (χ2v) is 4.52. The molecule has 0 radical (unpaired) electrons. The van der Waals surface area contributed by atoms with E-state index in [9.17, 15) is 5.11 Å². The molecule has 3 atom stereocenters. The second-order valence-electron chi connectivity index (χ2n) is 4.52. The molecule has 1 heterocycles. The van der Waals surface area contributed by atoms with Crippen molar-refractivity contribution in [2.75, 3.05) is 6.61 Å². The van der Waals surface area contributed by atoms with Crippen LogP contribution in [0.1, 0.15) is 32.1 Å². The molecule has 1 unspecified atom stereocenters. The van der Waals surface area contributed by atoms with Gasteiger partial charge in [0.25, 0.3) is 0 Å². The highest BCUT2D eigenvalue weighted by atomic mass is 16.7. The molecule has 1 aliphatic carbocycles. The minimum Gasteiger partial charge on any atom is -0.385 e. The smallest absolute Gasteiger partial charge is 0.158 e. The van der Waals surface area contributed by atoms with Crippen LogP contribution in [0.3, 0.4) is 0 Å². The molecule has 0 amide bonds. The minimum absolute atomic E-state index is 0.0681. The molecule has 3 heteroatoms. The van der Waals surface area contributed by atoms with Crippen molar-refractivity contribution in [2.45, 2.75) is 50.1 Å². The van der Waals surface area contributed by atoms with E-state index in [1.54, 1.807) is 6.08 Å². The molecule has 88 valence electrons. The van der Waals surface area contributed by atoms with E-state index >= 15 is 0 Å². The zero-order valence-corrected chi connectivity index (χ0v) is 9.39. The van der Waals surface area contributed by atoms with E-state index in [0.717, 1.165) is 25.9 Å². The number of ether oxygens (including phenoxy) is 2. The van der Waals surface area contributed by atoms with Crippen molar-refractivity contribution in [2.24, 2.45) is 0 Å². The Kier molecular flexibility index (Phi) is 3.65. The van der Waals surface area contributed by atoms with Gasteiger partial charge in [-0.2, -0.15) is 0 Å². The van der Waals surface area contributed by atoms with Crippen LogP contribution in [0.2, 0.25) is 0 Å². The van der Waals surface area contributed by atoms with Gasteiger partial charge in [0.1, 0.15) is 0 Å². The monoisotopic (exact) mass is 222 g/mol. The molecule has 0 aromatic carbocycles. The van der Waals surface area contributed by atoms with E-state index in [2.05, 4.69) is 5.92 Å². The maximum absolute atomic E-state index is 10.0. The van der Waals surface area contributed by atoms with Crippen LogP contribution in [0, 0.1) is 12.3 Å². The second kappa shape index (κ2) is 5.01. The third-order valence-corrected chi connectivity index (χ3v) is 3.05. The molecule has 2 aliphatic rings. The maximum atomic E-state index is 10.0. The number of hydrogen-bond acceptors (Lipinski definition) is 3. The van der Waals surface area contributed by atoms with E-state index in [1.807, 2.05) is 6.08 Å². The van der Waals surface area contributed by atoms with Gasteiger partial charge in [0, 0.05) is 19.4 Å². The largest absolute Gasteiger partial charge is 0.385 e. The van der Waals surface area contributed by atoms with Crippen molar-refractivity contribution in [1.82, 2.24) is 0 Å². The fraction of sp³-hybridized carbons (Fsp3) is 0.692. The molecule has 0 bridgehead atoms. The van der Waals surface area contributed by atoms with Crippen LogP contribution in [0.15, 0.2) is 12.2 Å². The Balaban J connectivity index is 1.81. The Bertz CT molecular complexity index is 299. The van der Waals surface area contributed by atoms with Crippen LogP contribution in [0.4, 0.5) is 0 Å². The SMILES string of the molecule is C#CC[C@]1(O)C=C[C@@H](OC2CCCCO2)C1.